The Balaban J connectivity index is 1.60. The van der Waals surface area contributed by atoms with Gasteiger partial charge in [-0.1, -0.05) is 12.1 Å². The van der Waals surface area contributed by atoms with Gasteiger partial charge in [-0.2, -0.15) is 0 Å². The van der Waals surface area contributed by atoms with E-state index in [0.29, 0.717) is 27.9 Å². The molecule has 8 heteroatoms. The fraction of sp³-hybridized carbons (Fsp3) is 0. The van der Waals surface area contributed by atoms with Gasteiger partial charge in [0.15, 0.2) is 0 Å². The van der Waals surface area contributed by atoms with Crippen LogP contribution in [0.25, 0.3) is 17.4 Å². The summed E-state index contributed by atoms with van der Waals surface area (Å²) in [5, 5.41) is 20.8. The summed E-state index contributed by atoms with van der Waals surface area (Å²) in [4.78, 5) is 27.8. The molecule has 1 aliphatic rings. The van der Waals surface area contributed by atoms with Crippen molar-refractivity contribution in [3.63, 3.8) is 0 Å². The van der Waals surface area contributed by atoms with Crippen molar-refractivity contribution in [3.8, 4) is 17.1 Å². The number of amides is 1. The molecule has 0 atom stereocenters. The standard InChI is InChI=1S/C21H14N2O5S/c24-15-7-5-14(6-8-15)22-19-18(29-21(27)23-19)11-16-9-10-17(28-16)12-1-3-13(4-2-12)20(25)26/h1-11,24H,(H,25,26)(H,22,23,27). The number of aromatic carboxylic acids is 1. The number of phenolic OH excluding ortho intramolecular Hbond substituents is 1. The number of carboxylic acid groups (broad SMARTS) is 1. The van der Waals surface area contributed by atoms with Crippen molar-refractivity contribution in [2.45, 2.75) is 0 Å². The summed E-state index contributed by atoms with van der Waals surface area (Å²) < 4.78 is 5.82. The Labute approximate surface area is 169 Å². The Kier molecular flexibility index (Phi) is 4.92. The van der Waals surface area contributed by atoms with E-state index in [-0.39, 0.29) is 16.6 Å². The maximum Gasteiger partial charge on any atom is 0.335 e. The number of hydrogen-bond donors (Lipinski definition) is 3. The summed E-state index contributed by atoms with van der Waals surface area (Å²) in [6.45, 7) is 0. The van der Waals surface area contributed by atoms with Crippen LogP contribution in [0.5, 0.6) is 5.75 Å². The van der Waals surface area contributed by atoms with Crippen molar-refractivity contribution in [1.82, 2.24) is 5.32 Å². The van der Waals surface area contributed by atoms with Gasteiger partial charge in [-0.05, 0) is 66.4 Å². The molecule has 4 rings (SSSR count). The largest absolute Gasteiger partial charge is 0.508 e. The van der Waals surface area contributed by atoms with Crippen LogP contribution in [0, 0.1) is 0 Å². The molecule has 3 N–H and O–H groups in total. The second-order valence-corrected chi connectivity index (χ2v) is 7.10. The van der Waals surface area contributed by atoms with E-state index in [1.165, 1.54) is 24.3 Å². The maximum absolute atomic E-state index is 11.8. The number of amidine groups is 1. The molecule has 3 aromatic rings. The zero-order valence-electron chi connectivity index (χ0n) is 14.8. The smallest absolute Gasteiger partial charge is 0.335 e. The SMILES string of the molecule is O=C1NC(=Nc2ccc(O)cc2)C(=Cc2ccc(-c3ccc(C(=O)O)cc3)o2)S1. The molecular weight excluding hydrogens is 392 g/mol. The Morgan fingerprint density at radius 2 is 1.76 bits per heavy atom. The van der Waals surface area contributed by atoms with Crippen LogP contribution in [0.15, 0.2) is 75.0 Å². The molecule has 2 heterocycles. The van der Waals surface area contributed by atoms with E-state index in [1.807, 2.05) is 0 Å². The summed E-state index contributed by atoms with van der Waals surface area (Å²) in [6.07, 6.45) is 1.71. The normalized spacial score (nSPS) is 16.3. The first kappa shape index (κ1) is 18.6. The van der Waals surface area contributed by atoms with Crippen LogP contribution in [0.3, 0.4) is 0 Å². The molecule has 0 spiro atoms. The van der Waals surface area contributed by atoms with E-state index in [2.05, 4.69) is 10.3 Å². The number of carboxylic acids is 1. The van der Waals surface area contributed by atoms with E-state index in [4.69, 9.17) is 9.52 Å². The van der Waals surface area contributed by atoms with Crippen LogP contribution in [-0.2, 0) is 0 Å². The van der Waals surface area contributed by atoms with Gasteiger partial charge in [0, 0.05) is 5.56 Å². The Bertz CT molecular complexity index is 1140. The number of carbonyl (C=O) groups excluding carboxylic acids is 1. The molecule has 0 unspecified atom stereocenters. The first-order chi connectivity index (χ1) is 14.0. The molecule has 7 nitrogen and oxygen atoms in total. The number of rotatable bonds is 4. The van der Waals surface area contributed by atoms with Crippen molar-refractivity contribution >= 4 is 40.6 Å². The maximum atomic E-state index is 11.8. The van der Waals surface area contributed by atoms with Gasteiger partial charge in [0.2, 0.25) is 0 Å². The lowest BCUT2D eigenvalue weighted by atomic mass is 10.1. The predicted octanol–water partition coefficient (Wildman–Crippen LogP) is 4.88. The van der Waals surface area contributed by atoms with E-state index >= 15 is 0 Å². The number of thioether (sulfide) groups is 1. The number of benzene rings is 2. The molecule has 0 radical (unpaired) electrons. The van der Waals surface area contributed by atoms with Crippen molar-refractivity contribution < 1.29 is 24.2 Å². The molecule has 1 aliphatic heterocycles. The number of hydrogen-bond acceptors (Lipinski definition) is 6. The molecule has 1 fully saturated rings. The van der Waals surface area contributed by atoms with E-state index in [1.54, 1.807) is 42.5 Å². The van der Waals surface area contributed by atoms with Crippen LogP contribution < -0.4 is 5.32 Å². The lowest BCUT2D eigenvalue weighted by Crippen LogP contribution is -2.18. The molecule has 29 heavy (non-hydrogen) atoms. The van der Waals surface area contributed by atoms with Crippen LogP contribution in [0.2, 0.25) is 0 Å². The molecular formula is C21H14N2O5S. The summed E-state index contributed by atoms with van der Waals surface area (Å²) in [5.74, 6) is 0.647. The monoisotopic (exact) mass is 406 g/mol. The Morgan fingerprint density at radius 1 is 1.03 bits per heavy atom. The third-order valence-electron chi connectivity index (χ3n) is 4.06. The molecule has 0 aliphatic carbocycles. The highest BCUT2D eigenvalue weighted by molar-refractivity contribution is 8.18. The summed E-state index contributed by atoms with van der Waals surface area (Å²) in [7, 11) is 0. The van der Waals surface area contributed by atoms with Crippen LogP contribution in [0.1, 0.15) is 16.1 Å². The highest BCUT2D eigenvalue weighted by atomic mass is 32.2. The molecule has 1 amide bonds. The first-order valence-electron chi connectivity index (χ1n) is 8.50. The van der Waals surface area contributed by atoms with Crippen molar-refractivity contribution in [2.75, 3.05) is 0 Å². The van der Waals surface area contributed by atoms with Gasteiger partial charge in [0.1, 0.15) is 23.1 Å². The average Bonchev–Trinajstić information content (AvgIpc) is 3.30. The number of nitrogens with one attached hydrogen (secondary N) is 1. The number of phenols is 1. The van der Waals surface area contributed by atoms with Crippen molar-refractivity contribution in [3.05, 3.63) is 76.9 Å². The Hall–Kier alpha value is -3.78. The number of furan rings is 1. The predicted molar refractivity (Wildman–Crippen MR) is 110 cm³/mol. The summed E-state index contributed by atoms with van der Waals surface area (Å²) in [6, 6.07) is 16.2. The van der Waals surface area contributed by atoms with Crippen LogP contribution >= 0.6 is 11.8 Å². The number of aliphatic imine (C=N–C) groups is 1. The second-order valence-electron chi connectivity index (χ2n) is 6.08. The fourth-order valence-corrected chi connectivity index (χ4v) is 3.38. The van der Waals surface area contributed by atoms with E-state index in [0.717, 1.165) is 17.3 Å². The summed E-state index contributed by atoms with van der Waals surface area (Å²) in [5.41, 5.74) is 1.53. The first-order valence-corrected chi connectivity index (χ1v) is 9.32. The van der Waals surface area contributed by atoms with Gasteiger partial charge in [0.25, 0.3) is 5.24 Å². The molecule has 0 saturated carbocycles. The molecule has 1 aromatic heterocycles. The quantitative estimate of drug-likeness (QED) is 0.569. The minimum atomic E-state index is -0.989. The zero-order valence-corrected chi connectivity index (χ0v) is 15.6. The topological polar surface area (TPSA) is 112 Å². The van der Waals surface area contributed by atoms with Crippen molar-refractivity contribution in [2.24, 2.45) is 4.99 Å². The molecule has 0 bridgehead atoms. The minimum absolute atomic E-state index is 0.133. The average molecular weight is 406 g/mol. The second kappa shape index (κ2) is 7.69. The van der Waals surface area contributed by atoms with Crippen molar-refractivity contribution in [1.29, 1.82) is 0 Å². The van der Waals surface area contributed by atoms with Gasteiger partial charge in [0.05, 0.1) is 16.2 Å². The van der Waals surface area contributed by atoms with E-state index < -0.39 is 5.97 Å². The van der Waals surface area contributed by atoms with E-state index in [9.17, 15) is 14.7 Å². The van der Waals surface area contributed by atoms with Gasteiger partial charge in [-0.3, -0.25) is 4.79 Å². The third kappa shape index (κ3) is 4.22. The van der Waals surface area contributed by atoms with Gasteiger partial charge < -0.3 is 19.9 Å². The number of aromatic hydroxyl groups is 1. The molecule has 1 saturated heterocycles. The van der Waals surface area contributed by atoms with Gasteiger partial charge in [-0.15, -0.1) is 0 Å². The highest BCUT2D eigenvalue weighted by Gasteiger charge is 2.24. The van der Waals surface area contributed by atoms with Gasteiger partial charge in [-0.25, -0.2) is 9.79 Å². The Morgan fingerprint density at radius 3 is 2.45 bits per heavy atom. The third-order valence-corrected chi connectivity index (χ3v) is 4.88. The lowest BCUT2D eigenvalue weighted by molar-refractivity contribution is 0.0697. The summed E-state index contributed by atoms with van der Waals surface area (Å²) >= 11 is 1.01. The molecule has 144 valence electrons. The van der Waals surface area contributed by atoms with Crippen LogP contribution in [-0.4, -0.2) is 27.3 Å². The fourth-order valence-electron chi connectivity index (χ4n) is 2.66. The number of nitrogens with zero attached hydrogens (tertiary/aromatic N) is 1. The lowest BCUT2D eigenvalue weighted by Gasteiger charge is -2.00. The minimum Gasteiger partial charge on any atom is -0.508 e. The molecule has 2 aromatic carbocycles. The number of carbonyl (C=O) groups is 2. The van der Waals surface area contributed by atoms with Gasteiger partial charge >= 0.3 is 5.97 Å². The van der Waals surface area contributed by atoms with Crippen LogP contribution in [0.4, 0.5) is 10.5 Å². The highest BCUT2D eigenvalue weighted by Crippen LogP contribution is 2.31. The zero-order chi connectivity index (χ0) is 20.4.